The quantitative estimate of drug-likeness (QED) is 0.435. The summed E-state index contributed by atoms with van der Waals surface area (Å²) in [6.45, 7) is 0. The lowest BCUT2D eigenvalue weighted by molar-refractivity contribution is 0.0785. The molecule has 34 heavy (non-hydrogen) atoms. The lowest BCUT2D eigenvalue weighted by atomic mass is 9.68. The first-order valence-corrected chi connectivity index (χ1v) is 13.9. The molecule has 2 atom stereocenters. The molecule has 5 rings (SSSR count). The second kappa shape index (κ2) is 10.8. The van der Waals surface area contributed by atoms with Crippen molar-refractivity contribution in [3.8, 4) is 0 Å². The lowest BCUT2D eigenvalue weighted by Gasteiger charge is -2.39. The van der Waals surface area contributed by atoms with Gasteiger partial charge in [-0.15, -0.1) is 0 Å². The van der Waals surface area contributed by atoms with Crippen LogP contribution in [0.3, 0.4) is 0 Å². The molecule has 5 aliphatic carbocycles. The van der Waals surface area contributed by atoms with Crippen molar-refractivity contribution in [2.45, 2.75) is 108 Å². The fourth-order valence-electron chi connectivity index (χ4n) is 7.69. The van der Waals surface area contributed by atoms with Crippen LogP contribution in [0.25, 0.3) is 0 Å². The number of hydrogen-bond donors (Lipinski definition) is 1. The molecule has 0 aromatic rings. The molecule has 0 spiro atoms. The fraction of sp³-hybridized carbons (Fsp3) is 0.733. The summed E-state index contributed by atoms with van der Waals surface area (Å²) < 4.78 is 42.4. The van der Waals surface area contributed by atoms with Crippen LogP contribution in [0, 0.1) is 29.6 Å². The summed E-state index contributed by atoms with van der Waals surface area (Å²) in [5.41, 5.74) is 3.32. The van der Waals surface area contributed by atoms with Crippen molar-refractivity contribution in [2.75, 3.05) is 0 Å². The molecule has 4 heteroatoms. The van der Waals surface area contributed by atoms with E-state index in [0.717, 1.165) is 61.5 Å². The van der Waals surface area contributed by atoms with Crippen LogP contribution < -0.4 is 0 Å². The van der Waals surface area contributed by atoms with Gasteiger partial charge in [-0.05, 0) is 118 Å². The van der Waals surface area contributed by atoms with E-state index in [1.807, 2.05) is 0 Å². The molecule has 2 unspecified atom stereocenters. The van der Waals surface area contributed by atoms with Gasteiger partial charge >= 0.3 is 0 Å². The number of rotatable bonds is 4. The summed E-state index contributed by atoms with van der Waals surface area (Å²) in [6, 6.07) is 0. The maximum absolute atomic E-state index is 15.3. The van der Waals surface area contributed by atoms with E-state index in [0.29, 0.717) is 24.2 Å². The average Bonchev–Trinajstić information content (AvgIpc) is 2.86. The van der Waals surface area contributed by atoms with Crippen LogP contribution in [-0.2, 0) is 0 Å². The van der Waals surface area contributed by atoms with Gasteiger partial charge in [0.1, 0.15) is 12.0 Å². The van der Waals surface area contributed by atoms with Crippen LogP contribution in [0.4, 0.5) is 13.2 Å². The Bertz CT molecular complexity index is 831. The number of allylic oxidation sites excluding steroid dienone is 8. The second-order valence-electron chi connectivity index (χ2n) is 11.8. The highest BCUT2D eigenvalue weighted by Crippen LogP contribution is 2.46. The van der Waals surface area contributed by atoms with Crippen molar-refractivity contribution >= 4 is 0 Å². The Hall–Kier alpha value is -1.29. The van der Waals surface area contributed by atoms with Crippen molar-refractivity contribution in [1.29, 1.82) is 0 Å². The summed E-state index contributed by atoms with van der Waals surface area (Å²) >= 11 is 0. The van der Waals surface area contributed by atoms with Gasteiger partial charge in [-0.25, -0.2) is 13.2 Å². The smallest absolute Gasteiger partial charge is 0.155 e. The highest BCUT2D eigenvalue weighted by atomic mass is 19.2. The molecule has 1 nitrogen and oxygen atoms in total. The van der Waals surface area contributed by atoms with Gasteiger partial charge in [0.25, 0.3) is 0 Å². The molecule has 0 saturated heterocycles. The summed E-state index contributed by atoms with van der Waals surface area (Å²) in [4.78, 5) is 0. The van der Waals surface area contributed by atoms with E-state index in [9.17, 15) is 13.9 Å². The van der Waals surface area contributed by atoms with Crippen molar-refractivity contribution in [3.63, 3.8) is 0 Å². The van der Waals surface area contributed by atoms with Crippen LogP contribution in [0.1, 0.15) is 89.9 Å². The molecule has 0 heterocycles. The molecule has 0 aromatic carbocycles. The van der Waals surface area contributed by atoms with E-state index < -0.39 is 18.2 Å². The average molecular weight is 475 g/mol. The van der Waals surface area contributed by atoms with E-state index in [4.69, 9.17) is 0 Å². The first-order chi connectivity index (χ1) is 16.5. The minimum absolute atomic E-state index is 0.0777. The van der Waals surface area contributed by atoms with Gasteiger partial charge in [-0.1, -0.05) is 29.4 Å². The van der Waals surface area contributed by atoms with Gasteiger partial charge in [-0.2, -0.15) is 0 Å². The zero-order valence-corrected chi connectivity index (χ0v) is 20.4. The minimum Gasteiger partial charge on any atom is -0.393 e. The Balaban J connectivity index is 1.13. The fourth-order valence-corrected chi connectivity index (χ4v) is 7.69. The maximum atomic E-state index is 15.3. The first kappa shape index (κ1) is 24.4. The monoisotopic (exact) mass is 474 g/mol. The van der Waals surface area contributed by atoms with Gasteiger partial charge in [0.15, 0.2) is 6.17 Å². The standard InChI is InChI=1S/C30H41F3O/c31-28-16-12-25(18-30(28)33)22-5-7-23(8-6-22)27-15-11-24(17-29(27)32)21-3-1-19(2-4-21)20-9-13-26(34)14-10-20/h11-12,15-16,19-23,26,29-30,34H,1-10,13-14,17-18H2. The van der Waals surface area contributed by atoms with Crippen molar-refractivity contribution in [3.05, 3.63) is 46.9 Å². The van der Waals surface area contributed by atoms with Gasteiger partial charge in [0.2, 0.25) is 0 Å². The highest BCUT2D eigenvalue weighted by molar-refractivity contribution is 5.32. The highest BCUT2D eigenvalue weighted by Gasteiger charge is 2.35. The van der Waals surface area contributed by atoms with Gasteiger partial charge in [0.05, 0.1) is 6.10 Å². The Morgan fingerprint density at radius 2 is 1.03 bits per heavy atom. The van der Waals surface area contributed by atoms with Crippen LogP contribution >= 0.6 is 0 Å². The molecule has 188 valence electrons. The van der Waals surface area contributed by atoms with Gasteiger partial charge in [0, 0.05) is 12.8 Å². The predicted molar refractivity (Wildman–Crippen MR) is 131 cm³/mol. The van der Waals surface area contributed by atoms with E-state index in [1.165, 1.54) is 50.2 Å². The first-order valence-electron chi connectivity index (χ1n) is 13.9. The largest absolute Gasteiger partial charge is 0.393 e. The molecule has 3 saturated carbocycles. The van der Waals surface area contributed by atoms with Crippen molar-refractivity contribution < 1.29 is 18.3 Å². The summed E-state index contributed by atoms with van der Waals surface area (Å²) in [7, 11) is 0. The molecule has 1 N–H and O–H groups in total. The molecule has 0 bridgehead atoms. The van der Waals surface area contributed by atoms with Crippen LogP contribution in [0.15, 0.2) is 46.9 Å². The molecule has 0 aliphatic heterocycles. The van der Waals surface area contributed by atoms with Gasteiger partial charge < -0.3 is 5.11 Å². The SMILES string of the molecule is OC1CCC(C2CCC(C3=CC=C(C4CCC(C5=CC=C(F)C(F)C5)CC4)C(F)C3)CC2)CC1. The van der Waals surface area contributed by atoms with Gasteiger partial charge in [-0.3, -0.25) is 0 Å². The van der Waals surface area contributed by atoms with Crippen molar-refractivity contribution in [2.24, 2.45) is 29.6 Å². The number of hydrogen-bond acceptors (Lipinski definition) is 1. The zero-order valence-electron chi connectivity index (χ0n) is 20.4. The molecule has 0 amide bonds. The summed E-state index contributed by atoms with van der Waals surface area (Å²) in [5, 5.41) is 9.79. The Morgan fingerprint density at radius 3 is 1.59 bits per heavy atom. The van der Waals surface area contributed by atoms with Crippen LogP contribution in [0.2, 0.25) is 0 Å². The van der Waals surface area contributed by atoms with E-state index in [1.54, 1.807) is 6.08 Å². The third kappa shape index (κ3) is 5.42. The molecular formula is C30H41F3O. The predicted octanol–water partition coefficient (Wildman–Crippen LogP) is 8.27. The topological polar surface area (TPSA) is 20.2 Å². The Morgan fingerprint density at radius 1 is 0.559 bits per heavy atom. The maximum Gasteiger partial charge on any atom is 0.155 e. The zero-order chi connectivity index (χ0) is 23.7. The Kier molecular flexibility index (Phi) is 7.73. The molecule has 0 radical (unpaired) electrons. The second-order valence-corrected chi connectivity index (χ2v) is 11.8. The number of aliphatic hydroxyl groups excluding tert-OH is 1. The number of halogens is 3. The summed E-state index contributed by atoms with van der Waals surface area (Å²) in [5.74, 6) is 2.08. The molecule has 5 aliphatic rings. The normalized spacial score (nSPS) is 41.8. The lowest BCUT2D eigenvalue weighted by Crippen LogP contribution is -2.29. The third-order valence-electron chi connectivity index (χ3n) is 9.86. The van der Waals surface area contributed by atoms with E-state index in [-0.39, 0.29) is 12.5 Å². The number of aliphatic hydroxyl groups is 1. The number of alkyl halides is 2. The van der Waals surface area contributed by atoms with E-state index >= 15 is 4.39 Å². The van der Waals surface area contributed by atoms with E-state index in [2.05, 4.69) is 12.2 Å². The third-order valence-corrected chi connectivity index (χ3v) is 9.86. The van der Waals surface area contributed by atoms with Crippen molar-refractivity contribution in [1.82, 2.24) is 0 Å². The molecule has 3 fully saturated rings. The van der Waals surface area contributed by atoms with Crippen LogP contribution in [-0.4, -0.2) is 23.6 Å². The molecule has 0 aromatic heterocycles. The molecular weight excluding hydrogens is 433 g/mol. The minimum atomic E-state index is -1.48. The summed E-state index contributed by atoms with van der Waals surface area (Å²) in [6.07, 6.45) is 18.7. The Labute approximate surface area is 203 Å². The van der Waals surface area contributed by atoms with Crippen LogP contribution in [0.5, 0.6) is 0 Å².